The Morgan fingerprint density at radius 2 is 1.50 bits per heavy atom. The maximum absolute atomic E-state index is 14.0. The molecule has 2 aliphatic rings. The fraction of sp³-hybridized carbons (Fsp3) is 0.375. The Balaban J connectivity index is 1.43. The van der Waals surface area contributed by atoms with Crippen LogP contribution in [0.15, 0.2) is 41.4 Å². The van der Waals surface area contributed by atoms with Crippen LogP contribution in [-0.4, -0.2) is 5.16 Å². The molecule has 0 aromatic heterocycles. The van der Waals surface area contributed by atoms with Gasteiger partial charge in [0.15, 0.2) is 5.82 Å². The minimum absolute atomic E-state index is 0.00276. The third-order valence-electron chi connectivity index (χ3n) is 5.97. The molecular weight excluding hydrogens is 389 g/mol. The highest BCUT2D eigenvalue weighted by Gasteiger charge is 2.34. The first-order chi connectivity index (χ1) is 13.6. The highest BCUT2D eigenvalue weighted by Crippen LogP contribution is 2.47. The molecule has 0 radical (unpaired) electrons. The van der Waals surface area contributed by atoms with Gasteiger partial charge in [0.25, 0.3) is 0 Å². The summed E-state index contributed by atoms with van der Waals surface area (Å²) in [6.45, 7) is 0. The van der Waals surface area contributed by atoms with Gasteiger partial charge >= 0.3 is 0 Å². The number of thiocarbonyl (C=S) groups is 1. The molecule has 2 aromatic carbocycles. The Morgan fingerprint density at radius 3 is 2.07 bits per heavy atom. The summed E-state index contributed by atoms with van der Waals surface area (Å²) < 4.78 is 14.0. The number of hydrogen-bond acceptors (Lipinski definition) is 2. The van der Waals surface area contributed by atoms with Crippen molar-refractivity contribution in [2.75, 3.05) is 0 Å². The molecule has 2 aromatic rings. The lowest BCUT2D eigenvalue weighted by molar-refractivity contribution is 0.296. The van der Waals surface area contributed by atoms with E-state index in [4.69, 9.17) is 11.6 Å². The molecule has 0 unspecified atom stereocenters. The molecule has 0 atom stereocenters. The highest BCUT2D eigenvalue weighted by molar-refractivity contribution is 7.78. The van der Waals surface area contributed by atoms with Gasteiger partial charge in [0.1, 0.15) is 5.69 Å². The van der Waals surface area contributed by atoms with Crippen LogP contribution in [0.25, 0.3) is 0 Å². The Labute approximate surface area is 176 Å². The van der Waals surface area contributed by atoms with Gasteiger partial charge in [-0.1, -0.05) is 35.6 Å². The second-order valence-electron chi connectivity index (χ2n) is 7.81. The molecule has 4 rings (SSSR count). The molecule has 0 bridgehead atoms. The van der Waals surface area contributed by atoms with Crippen LogP contribution < -0.4 is 0 Å². The van der Waals surface area contributed by atoms with Crippen molar-refractivity contribution < 1.29 is 4.39 Å². The average molecular weight is 410 g/mol. The van der Waals surface area contributed by atoms with Gasteiger partial charge in [0.05, 0.1) is 10.2 Å². The van der Waals surface area contributed by atoms with E-state index in [1.54, 1.807) is 6.07 Å². The van der Waals surface area contributed by atoms with E-state index in [2.05, 4.69) is 58.5 Å². The molecule has 0 amide bonds. The third-order valence-corrected chi connectivity index (χ3v) is 6.35. The van der Waals surface area contributed by atoms with Gasteiger partial charge in [0.2, 0.25) is 0 Å². The SMILES string of the molecule is Fc1cc(C#Cc2ccc(C3CCC(C4CC4)CC3)cc2)cc(Cl)c1N=C=S. The summed E-state index contributed by atoms with van der Waals surface area (Å²) in [4.78, 5) is 3.65. The van der Waals surface area contributed by atoms with Gasteiger partial charge < -0.3 is 0 Å². The minimum Gasteiger partial charge on any atom is -0.204 e. The Bertz CT molecular complexity index is 947. The smallest absolute Gasteiger partial charge is 0.152 e. The number of isothiocyanates is 1. The summed E-state index contributed by atoms with van der Waals surface area (Å²) in [5.74, 6) is 8.20. The van der Waals surface area contributed by atoms with Crippen LogP contribution in [0.3, 0.4) is 0 Å². The van der Waals surface area contributed by atoms with Crippen LogP contribution in [0.5, 0.6) is 0 Å². The van der Waals surface area contributed by atoms with Crippen LogP contribution in [-0.2, 0) is 0 Å². The monoisotopic (exact) mass is 409 g/mol. The molecule has 1 nitrogen and oxygen atoms in total. The number of benzene rings is 2. The van der Waals surface area contributed by atoms with Crippen molar-refractivity contribution in [1.82, 2.24) is 0 Å². The summed E-state index contributed by atoms with van der Waals surface area (Å²) in [6.07, 6.45) is 8.29. The Kier molecular flexibility index (Phi) is 5.93. The summed E-state index contributed by atoms with van der Waals surface area (Å²) in [5.41, 5.74) is 2.83. The number of halogens is 2. The third kappa shape index (κ3) is 4.53. The molecule has 0 aliphatic heterocycles. The van der Waals surface area contributed by atoms with Crippen LogP contribution in [0.2, 0.25) is 5.02 Å². The fourth-order valence-corrected chi connectivity index (χ4v) is 4.61. The van der Waals surface area contributed by atoms with Crippen molar-refractivity contribution in [3.05, 3.63) is 63.9 Å². The van der Waals surface area contributed by atoms with Crippen molar-refractivity contribution in [1.29, 1.82) is 0 Å². The van der Waals surface area contributed by atoms with E-state index in [-0.39, 0.29) is 10.7 Å². The zero-order chi connectivity index (χ0) is 19.5. The number of rotatable bonds is 3. The van der Waals surface area contributed by atoms with Gasteiger partial charge in [-0.3, -0.25) is 0 Å². The number of aliphatic imine (C=N–C) groups is 1. The molecule has 0 saturated heterocycles. The molecule has 28 heavy (non-hydrogen) atoms. The van der Waals surface area contributed by atoms with Crippen molar-refractivity contribution >= 4 is 34.7 Å². The van der Waals surface area contributed by atoms with E-state index in [1.807, 2.05) is 0 Å². The average Bonchev–Trinajstić information content (AvgIpc) is 3.55. The number of nitrogens with zero attached hydrogens (tertiary/aromatic N) is 1. The van der Waals surface area contributed by atoms with Crippen molar-refractivity contribution in [2.45, 2.75) is 44.4 Å². The topological polar surface area (TPSA) is 12.4 Å². The van der Waals surface area contributed by atoms with E-state index >= 15 is 0 Å². The van der Waals surface area contributed by atoms with Crippen molar-refractivity contribution in [3.63, 3.8) is 0 Å². The van der Waals surface area contributed by atoms with Crippen LogP contribution in [0.4, 0.5) is 10.1 Å². The minimum atomic E-state index is -0.550. The Hall–Kier alpha value is -1.98. The molecule has 0 heterocycles. The first kappa shape index (κ1) is 19.3. The summed E-state index contributed by atoms with van der Waals surface area (Å²) in [5, 5.41) is 2.31. The summed E-state index contributed by atoms with van der Waals surface area (Å²) >= 11 is 10.6. The normalized spacial score (nSPS) is 21.4. The standard InChI is InChI=1S/C24H21ClFNS/c25-22-13-17(14-23(26)24(22)27-15-28)2-1-16-3-5-18(6-4-16)19-7-9-20(10-8-19)21-11-12-21/h3-6,13-14,19-21H,7-12H2. The maximum atomic E-state index is 14.0. The van der Waals surface area contributed by atoms with Gasteiger partial charge in [-0.25, -0.2) is 4.39 Å². The lowest BCUT2D eigenvalue weighted by Crippen LogP contribution is -2.14. The fourth-order valence-electron chi connectivity index (χ4n) is 4.26. The highest BCUT2D eigenvalue weighted by atomic mass is 35.5. The quantitative estimate of drug-likeness (QED) is 0.294. The molecule has 2 saturated carbocycles. The van der Waals surface area contributed by atoms with E-state index in [1.165, 1.54) is 50.2 Å². The second kappa shape index (κ2) is 8.58. The Morgan fingerprint density at radius 1 is 0.893 bits per heavy atom. The van der Waals surface area contributed by atoms with Gasteiger partial charge in [-0.15, -0.1) is 0 Å². The van der Waals surface area contributed by atoms with E-state index in [0.29, 0.717) is 11.5 Å². The largest absolute Gasteiger partial charge is 0.204 e. The first-order valence-electron chi connectivity index (χ1n) is 9.83. The molecule has 142 valence electrons. The molecule has 0 N–H and O–H groups in total. The predicted octanol–water partition coefficient (Wildman–Crippen LogP) is 7.30. The summed E-state index contributed by atoms with van der Waals surface area (Å²) in [6, 6.07) is 11.4. The zero-order valence-electron chi connectivity index (χ0n) is 15.6. The lowest BCUT2D eigenvalue weighted by Gasteiger charge is -2.28. The van der Waals surface area contributed by atoms with E-state index in [9.17, 15) is 4.39 Å². The molecule has 4 heteroatoms. The first-order valence-corrected chi connectivity index (χ1v) is 10.6. The predicted molar refractivity (Wildman–Crippen MR) is 116 cm³/mol. The van der Waals surface area contributed by atoms with Gasteiger partial charge in [-0.2, -0.15) is 4.99 Å². The van der Waals surface area contributed by atoms with Crippen LogP contribution in [0, 0.1) is 29.5 Å². The van der Waals surface area contributed by atoms with Crippen LogP contribution >= 0.6 is 23.8 Å². The second-order valence-corrected chi connectivity index (χ2v) is 8.40. The summed E-state index contributed by atoms with van der Waals surface area (Å²) in [7, 11) is 0. The maximum Gasteiger partial charge on any atom is 0.152 e. The van der Waals surface area contributed by atoms with E-state index < -0.39 is 5.82 Å². The van der Waals surface area contributed by atoms with Crippen molar-refractivity contribution in [2.24, 2.45) is 16.8 Å². The molecular formula is C24H21ClFNS. The number of hydrogen-bond donors (Lipinski definition) is 0. The molecule has 2 aliphatic carbocycles. The zero-order valence-corrected chi connectivity index (χ0v) is 17.1. The van der Waals surface area contributed by atoms with Crippen LogP contribution in [0.1, 0.15) is 61.1 Å². The molecule has 2 fully saturated rings. The lowest BCUT2D eigenvalue weighted by atomic mass is 9.77. The van der Waals surface area contributed by atoms with E-state index in [0.717, 1.165) is 17.4 Å². The molecule has 0 spiro atoms. The van der Waals surface area contributed by atoms with Gasteiger partial charge in [0, 0.05) is 11.1 Å². The van der Waals surface area contributed by atoms with Gasteiger partial charge in [-0.05, 0) is 98.3 Å². The van der Waals surface area contributed by atoms with Crippen molar-refractivity contribution in [3.8, 4) is 11.8 Å².